The van der Waals surface area contributed by atoms with E-state index in [0.717, 1.165) is 19.3 Å². The largest absolute Gasteiger partial charge is 0.243 e. The van der Waals surface area contributed by atoms with E-state index in [-0.39, 0.29) is 5.82 Å². The van der Waals surface area contributed by atoms with Crippen LogP contribution in [0.25, 0.3) is 0 Å². The van der Waals surface area contributed by atoms with Gasteiger partial charge in [-0.25, -0.2) is 12.8 Å². The standard InChI is InChI=1S/C11H14ClNO2S.C6H5F/c12-10-4-6-11(7-5-10)16(14,15)13-8-2-1-3-9-13;7-6-4-2-1-3-5-6/h4-7H,1-3,8-9H2;1-5H. The summed E-state index contributed by atoms with van der Waals surface area (Å²) in [7, 11) is -3.30. The van der Waals surface area contributed by atoms with Crippen LogP contribution in [0.4, 0.5) is 4.39 Å². The van der Waals surface area contributed by atoms with Crippen LogP contribution in [0.15, 0.2) is 59.5 Å². The van der Waals surface area contributed by atoms with Gasteiger partial charge in [0, 0.05) is 18.1 Å². The molecule has 2 aromatic rings. The van der Waals surface area contributed by atoms with Crippen molar-refractivity contribution in [3.8, 4) is 0 Å². The van der Waals surface area contributed by atoms with Crippen molar-refractivity contribution in [3.05, 3.63) is 65.4 Å². The average molecular weight is 356 g/mol. The maximum atomic E-state index is 12.2. The third-order valence-corrected chi connectivity index (χ3v) is 5.66. The summed E-state index contributed by atoms with van der Waals surface area (Å²) in [5.41, 5.74) is 0. The van der Waals surface area contributed by atoms with Gasteiger partial charge >= 0.3 is 0 Å². The lowest BCUT2D eigenvalue weighted by molar-refractivity contribution is 0.346. The molecule has 124 valence electrons. The summed E-state index contributed by atoms with van der Waals surface area (Å²) in [6, 6.07) is 14.3. The molecule has 0 amide bonds. The molecule has 1 aliphatic rings. The normalized spacial score (nSPS) is 15.6. The molecule has 0 unspecified atom stereocenters. The van der Waals surface area contributed by atoms with Gasteiger partial charge in [0.2, 0.25) is 10.0 Å². The van der Waals surface area contributed by atoms with E-state index in [4.69, 9.17) is 11.6 Å². The second kappa shape index (κ2) is 8.43. The molecule has 3 nitrogen and oxygen atoms in total. The van der Waals surface area contributed by atoms with E-state index in [1.165, 1.54) is 12.1 Å². The smallest absolute Gasteiger partial charge is 0.207 e. The highest BCUT2D eigenvalue weighted by molar-refractivity contribution is 7.89. The molecule has 6 heteroatoms. The fourth-order valence-electron chi connectivity index (χ4n) is 2.28. The van der Waals surface area contributed by atoms with Gasteiger partial charge in [-0.2, -0.15) is 4.31 Å². The molecule has 1 heterocycles. The van der Waals surface area contributed by atoms with E-state index in [0.29, 0.717) is 23.0 Å². The van der Waals surface area contributed by atoms with E-state index in [1.807, 2.05) is 0 Å². The molecule has 0 aromatic heterocycles. The van der Waals surface area contributed by atoms with E-state index < -0.39 is 10.0 Å². The Kier molecular flexibility index (Phi) is 6.57. The topological polar surface area (TPSA) is 37.4 Å². The van der Waals surface area contributed by atoms with Crippen molar-refractivity contribution in [1.82, 2.24) is 4.31 Å². The fraction of sp³-hybridized carbons (Fsp3) is 0.294. The maximum absolute atomic E-state index is 12.2. The maximum Gasteiger partial charge on any atom is 0.243 e. The molecule has 23 heavy (non-hydrogen) atoms. The first-order valence-corrected chi connectivity index (χ1v) is 9.28. The number of halogens is 2. The Morgan fingerprint density at radius 2 is 1.43 bits per heavy atom. The number of nitrogens with zero attached hydrogens (tertiary/aromatic N) is 1. The van der Waals surface area contributed by atoms with Crippen LogP contribution in [0.5, 0.6) is 0 Å². The van der Waals surface area contributed by atoms with Gasteiger partial charge in [-0.05, 0) is 49.2 Å². The number of piperidine rings is 1. The molecule has 2 aromatic carbocycles. The Bertz CT molecular complexity index is 699. The van der Waals surface area contributed by atoms with Crippen molar-refractivity contribution >= 4 is 21.6 Å². The highest BCUT2D eigenvalue weighted by atomic mass is 35.5. The molecule has 0 radical (unpaired) electrons. The summed E-state index contributed by atoms with van der Waals surface area (Å²) in [4.78, 5) is 0.332. The van der Waals surface area contributed by atoms with Gasteiger partial charge in [0.15, 0.2) is 0 Å². The van der Waals surface area contributed by atoms with Crippen LogP contribution in [-0.4, -0.2) is 25.8 Å². The Labute approximate surface area is 141 Å². The lowest BCUT2D eigenvalue weighted by atomic mass is 10.2. The summed E-state index contributed by atoms with van der Waals surface area (Å²) in [5, 5.41) is 0.553. The fourth-order valence-corrected chi connectivity index (χ4v) is 3.92. The summed E-state index contributed by atoms with van der Waals surface area (Å²) in [5.74, 6) is -0.178. The molecule has 0 bridgehead atoms. The Morgan fingerprint density at radius 1 is 0.870 bits per heavy atom. The van der Waals surface area contributed by atoms with Gasteiger partial charge < -0.3 is 0 Å². The summed E-state index contributed by atoms with van der Waals surface area (Å²) in [6.07, 6.45) is 3.02. The highest BCUT2D eigenvalue weighted by Gasteiger charge is 2.25. The summed E-state index contributed by atoms with van der Waals surface area (Å²) >= 11 is 5.74. The minimum absolute atomic E-state index is 0.178. The van der Waals surface area contributed by atoms with Crippen LogP contribution >= 0.6 is 11.6 Å². The van der Waals surface area contributed by atoms with E-state index in [1.54, 1.807) is 46.8 Å². The zero-order chi connectivity index (χ0) is 16.7. The first-order valence-electron chi connectivity index (χ1n) is 7.46. The number of rotatable bonds is 2. The molecule has 0 aliphatic carbocycles. The van der Waals surface area contributed by atoms with Gasteiger partial charge in [0.1, 0.15) is 5.82 Å². The second-order valence-electron chi connectivity index (χ2n) is 5.21. The van der Waals surface area contributed by atoms with Crippen LogP contribution in [-0.2, 0) is 10.0 Å². The predicted molar refractivity (Wildman–Crippen MR) is 90.5 cm³/mol. The minimum atomic E-state index is -3.30. The quantitative estimate of drug-likeness (QED) is 0.803. The zero-order valence-electron chi connectivity index (χ0n) is 12.7. The number of sulfonamides is 1. The van der Waals surface area contributed by atoms with Crippen LogP contribution in [0.3, 0.4) is 0 Å². The monoisotopic (exact) mass is 355 g/mol. The van der Waals surface area contributed by atoms with Crippen molar-refractivity contribution in [1.29, 1.82) is 0 Å². The van der Waals surface area contributed by atoms with E-state index in [9.17, 15) is 12.8 Å². The van der Waals surface area contributed by atoms with Gasteiger partial charge in [-0.15, -0.1) is 0 Å². The molecule has 0 N–H and O–H groups in total. The number of hydrogen-bond donors (Lipinski definition) is 0. The molecule has 0 spiro atoms. The SMILES string of the molecule is Fc1ccccc1.O=S(=O)(c1ccc(Cl)cc1)N1CCCCC1. The van der Waals surface area contributed by atoms with Crippen LogP contribution in [0.2, 0.25) is 5.02 Å². The third-order valence-electron chi connectivity index (χ3n) is 3.50. The van der Waals surface area contributed by atoms with Crippen LogP contribution in [0, 0.1) is 5.82 Å². The highest BCUT2D eigenvalue weighted by Crippen LogP contribution is 2.21. The average Bonchev–Trinajstić information content (AvgIpc) is 2.57. The first-order chi connectivity index (χ1) is 11.0. The molecule has 3 rings (SSSR count). The zero-order valence-corrected chi connectivity index (χ0v) is 14.2. The van der Waals surface area contributed by atoms with Gasteiger partial charge in [0.25, 0.3) is 0 Å². The van der Waals surface area contributed by atoms with Crippen molar-refractivity contribution in [2.75, 3.05) is 13.1 Å². The Morgan fingerprint density at radius 3 is 1.91 bits per heavy atom. The van der Waals surface area contributed by atoms with Crippen molar-refractivity contribution < 1.29 is 12.8 Å². The second-order valence-corrected chi connectivity index (χ2v) is 7.59. The van der Waals surface area contributed by atoms with Crippen molar-refractivity contribution in [3.63, 3.8) is 0 Å². The molecule has 0 atom stereocenters. The lowest BCUT2D eigenvalue weighted by Crippen LogP contribution is -2.35. The molecular weight excluding hydrogens is 337 g/mol. The molecular formula is C17H19ClFNO2S. The summed E-state index contributed by atoms with van der Waals surface area (Å²) < 4.78 is 37.8. The number of hydrogen-bond acceptors (Lipinski definition) is 2. The number of benzene rings is 2. The lowest BCUT2D eigenvalue weighted by Gasteiger charge is -2.25. The Hall–Kier alpha value is -1.43. The molecule has 1 fully saturated rings. The Balaban J connectivity index is 0.000000229. The molecule has 1 saturated heterocycles. The van der Waals surface area contributed by atoms with Gasteiger partial charge in [0.05, 0.1) is 4.90 Å². The predicted octanol–water partition coefficient (Wildman–Crippen LogP) is 4.34. The van der Waals surface area contributed by atoms with Crippen LogP contribution in [0.1, 0.15) is 19.3 Å². The molecule has 0 saturated carbocycles. The summed E-state index contributed by atoms with van der Waals surface area (Å²) in [6.45, 7) is 1.26. The minimum Gasteiger partial charge on any atom is -0.207 e. The first kappa shape index (κ1) is 17.9. The molecule has 1 aliphatic heterocycles. The van der Waals surface area contributed by atoms with Crippen LogP contribution < -0.4 is 0 Å². The van der Waals surface area contributed by atoms with E-state index in [2.05, 4.69) is 0 Å². The van der Waals surface area contributed by atoms with Gasteiger partial charge in [-0.1, -0.05) is 36.2 Å². The van der Waals surface area contributed by atoms with Crippen molar-refractivity contribution in [2.24, 2.45) is 0 Å². The third kappa shape index (κ3) is 5.30. The van der Waals surface area contributed by atoms with E-state index >= 15 is 0 Å². The van der Waals surface area contributed by atoms with Crippen molar-refractivity contribution in [2.45, 2.75) is 24.2 Å². The van der Waals surface area contributed by atoms with Gasteiger partial charge in [-0.3, -0.25) is 0 Å².